The van der Waals surface area contributed by atoms with Crippen molar-refractivity contribution in [3.8, 4) is 22.9 Å². The number of methoxy groups -OCH3 is 3. The van der Waals surface area contributed by atoms with Crippen molar-refractivity contribution in [1.82, 2.24) is 9.55 Å². The van der Waals surface area contributed by atoms with E-state index in [1.807, 2.05) is 31.2 Å². The third kappa shape index (κ3) is 4.85. The summed E-state index contributed by atoms with van der Waals surface area (Å²) in [6.45, 7) is 1.97. The van der Waals surface area contributed by atoms with Crippen LogP contribution in [0.15, 0.2) is 64.5 Å². The molecular weight excluding hydrogens is 488 g/mol. The lowest BCUT2D eigenvalue weighted by Crippen LogP contribution is -2.22. The number of Topliss-reactive ketones (excluding diaryl/α,β-unsaturated/α-hetero) is 1. The fourth-order valence-electron chi connectivity index (χ4n) is 3.64. The molecule has 4 rings (SSSR count). The Morgan fingerprint density at radius 3 is 2.23 bits per heavy atom. The first kappa shape index (κ1) is 24.6. The van der Waals surface area contributed by atoms with E-state index in [2.05, 4.69) is 0 Å². The number of hydrogen-bond acceptors (Lipinski definition) is 7. The quantitative estimate of drug-likeness (QED) is 0.179. The van der Waals surface area contributed by atoms with Crippen LogP contribution in [0.1, 0.15) is 15.9 Å². The van der Waals surface area contributed by atoms with Gasteiger partial charge in [-0.15, -0.1) is 0 Å². The molecule has 4 aromatic rings. The van der Waals surface area contributed by atoms with Gasteiger partial charge in [0.1, 0.15) is 5.52 Å². The Morgan fingerprint density at radius 1 is 0.971 bits per heavy atom. The fourth-order valence-corrected chi connectivity index (χ4v) is 4.66. The zero-order valence-electron chi connectivity index (χ0n) is 19.6. The third-order valence-corrected chi connectivity index (χ3v) is 6.62. The highest BCUT2D eigenvalue weighted by Gasteiger charge is 2.23. The van der Waals surface area contributed by atoms with E-state index in [0.29, 0.717) is 43.8 Å². The van der Waals surface area contributed by atoms with Gasteiger partial charge in [0.05, 0.1) is 38.2 Å². The lowest BCUT2D eigenvalue weighted by Gasteiger charge is -2.17. The average Bonchev–Trinajstić information content (AvgIpc) is 2.87. The Labute approximate surface area is 211 Å². The van der Waals surface area contributed by atoms with Crippen LogP contribution in [0.3, 0.4) is 0 Å². The van der Waals surface area contributed by atoms with E-state index in [4.69, 9.17) is 30.8 Å². The number of aromatic nitrogens is 2. The van der Waals surface area contributed by atoms with Crippen molar-refractivity contribution in [2.45, 2.75) is 12.1 Å². The van der Waals surface area contributed by atoms with Crippen molar-refractivity contribution < 1.29 is 19.0 Å². The summed E-state index contributed by atoms with van der Waals surface area (Å²) in [6.07, 6.45) is 0. The normalized spacial score (nSPS) is 10.9. The molecule has 0 aliphatic carbocycles. The summed E-state index contributed by atoms with van der Waals surface area (Å²) in [4.78, 5) is 31.4. The second kappa shape index (κ2) is 10.4. The molecule has 0 saturated heterocycles. The molecule has 0 atom stereocenters. The van der Waals surface area contributed by atoms with E-state index in [1.54, 1.807) is 30.3 Å². The van der Waals surface area contributed by atoms with Gasteiger partial charge in [-0.25, -0.2) is 4.98 Å². The van der Waals surface area contributed by atoms with E-state index >= 15 is 0 Å². The predicted molar refractivity (Wildman–Crippen MR) is 138 cm³/mol. The Balaban J connectivity index is 1.89. The number of benzene rings is 3. The number of carbonyl (C=O) groups is 1. The highest BCUT2D eigenvalue weighted by atomic mass is 35.5. The van der Waals surface area contributed by atoms with Gasteiger partial charge in [0.15, 0.2) is 22.4 Å². The fraction of sp³-hybridized carbons (Fsp3) is 0.192. The smallest absolute Gasteiger partial charge is 0.266 e. The van der Waals surface area contributed by atoms with Crippen LogP contribution >= 0.6 is 23.4 Å². The minimum Gasteiger partial charge on any atom is -0.493 e. The monoisotopic (exact) mass is 510 g/mol. The number of ketones is 1. The standard InChI is InChI=1S/C26H23ClN2O5S/c1-15-5-11-18(12-6-15)29-25(31)19-13-21(32-2)23(33-3)24(34-4)22(19)28-26(29)35-14-20(30)16-7-9-17(27)10-8-16/h5-13H,14H2,1-4H3. The minimum absolute atomic E-state index is 0.0705. The van der Waals surface area contributed by atoms with Gasteiger partial charge >= 0.3 is 0 Å². The van der Waals surface area contributed by atoms with Crippen LogP contribution in [0.4, 0.5) is 0 Å². The number of nitrogens with zero attached hydrogens (tertiary/aromatic N) is 2. The molecule has 9 heteroatoms. The molecule has 7 nitrogen and oxygen atoms in total. The Hall–Kier alpha value is -3.49. The second-order valence-corrected chi connectivity index (χ2v) is 9.01. The molecule has 0 amide bonds. The first-order chi connectivity index (χ1) is 16.9. The number of aryl methyl sites for hydroxylation is 1. The van der Waals surface area contributed by atoms with Crippen molar-refractivity contribution in [2.24, 2.45) is 0 Å². The second-order valence-electron chi connectivity index (χ2n) is 7.63. The molecule has 1 aromatic heterocycles. The van der Waals surface area contributed by atoms with E-state index in [0.717, 1.165) is 5.56 Å². The van der Waals surface area contributed by atoms with Gasteiger partial charge in [0.2, 0.25) is 5.75 Å². The van der Waals surface area contributed by atoms with E-state index in [-0.39, 0.29) is 22.8 Å². The molecule has 35 heavy (non-hydrogen) atoms. The maximum atomic E-state index is 13.8. The zero-order chi connectivity index (χ0) is 25.1. The molecule has 0 fully saturated rings. The van der Waals surface area contributed by atoms with Crippen molar-refractivity contribution in [3.05, 3.63) is 81.1 Å². The molecule has 0 bridgehead atoms. The largest absolute Gasteiger partial charge is 0.493 e. The molecule has 1 heterocycles. The molecule has 3 aromatic carbocycles. The van der Waals surface area contributed by atoms with Crippen LogP contribution < -0.4 is 19.8 Å². The van der Waals surface area contributed by atoms with Crippen LogP contribution in [-0.4, -0.2) is 42.4 Å². The number of carbonyl (C=O) groups excluding carboxylic acids is 1. The minimum atomic E-state index is -0.320. The van der Waals surface area contributed by atoms with E-state index in [9.17, 15) is 9.59 Å². The van der Waals surface area contributed by atoms with Gasteiger partial charge in [-0.3, -0.25) is 14.2 Å². The topological polar surface area (TPSA) is 79.7 Å². The number of ether oxygens (including phenoxy) is 3. The Morgan fingerprint density at radius 2 is 1.63 bits per heavy atom. The van der Waals surface area contributed by atoms with Gasteiger partial charge in [-0.2, -0.15) is 0 Å². The number of rotatable bonds is 8. The molecule has 180 valence electrons. The molecule has 0 radical (unpaired) electrons. The highest BCUT2D eigenvalue weighted by Crippen LogP contribution is 2.42. The van der Waals surface area contributed by atoms with Crippen LogP contribution in [0.25, 0.3) is 16.6 Å². The first-order valence-corrected chi connectivity index (χ1v) is 12.0. The van der Waals surface area contributed by atoms with Crippen LogP contribution in [0.2, 0.25) is 5.02 Å². The van der Waals surface area contributed by atoms with Gasteiger partial charge in [-0.1, -0.05) is 41.1 Å². The third-order valence-electron chi connectivity index (χ3n) is 5.43. The highest BCUT2D eigenvalue weighted by molar-refractivity contribution is 7.99. The van der Waals surface area contributed by atoms with Crippen LogP contribution in [-0.2, 0) is 0 Å². The first-order valence-electron chi connectivity index (χ1n) is 10.6. The number of halogens is 1. The molecule has 0 aliphatic rings. The molecule has 0 spiro atoms. The average molecular weight is 511 g/mol. The summed E-state index contributed by atoms with van der Waals surface area (Å²) in [7, 11) is 4.45. The SMILES string of the molecule is COc1cc2c(=O)n(-c3ccc(C)cc3)c(SCC(=O)c3ccc(Cl)cc3)nc2c(OC)c1OC. The van der Waals surface area contributed by atoms with Crippen LogP contribution in [0, 0.1) is 6.92 Å². The summed E-state index contributed by atoms with van der Waals surface area (Å²) in [5.74, 6) is 0.915. The van der Waals surface area contributed by atoms with Gasteiger partial charge in [0.25, 0.3) is 5.56 Å². The lowest BCUT2D eigenvalue weighted by atomic mass is 10.1. The molecule has 0 aliphatic heterocycles. The maximum absolute atomic E-state index is 13.8. The zero-order valence-corrected chi connectivity index (χ0v) is 21.2. The van der Waals surface area contributed by atoms with E-state index < -0.39 is 0 Å². The number of thioether (sulfide) groups is 1. The molecule has 0 N–H and O–H groups in total. The summed E-state index contributed by atoms with van der Waals surface area (Å²) in [6, 6.07) is 15.8. The maximum Gasteiger partial charge on any atom is 0.266 e. The summed E-state index contributed by atoms with van der Waals surface area (Å²) in [5.41, 5.74) is 2.20. The summed E-state index contributed by atoms with van der Waals surface area (Å²) < 4.78 is 18.0. The summed E-state index contributed by atoms with van der Waals surface area (Å²) >= 11 is 7.11. The lowest BCUT2D eigenvalue weighted by molar-refractivity contribution is 0.102. The van der Waals surface area contributed by atoms with Gasteiger partial charge < -0.3 is 14.2 Å². The van der Waals surface area contributed by atoms with Crippen molar-refractivity contribution in [3.63, 3.8) is 0 Å². The summed E-state index contributed by atoms with van der Waals surface area (Å²) in [5, 5.41) is 1.20. The van der Waals surface area contributed by atoms with Crippen molar-refractivity contribution in [2.75, 3.05) is 27.1 Å². The molecular formula is C26H23ClN2O5S. The van der Waals surface area contributed by atoms with Crippen molar-refractivity contribution in [1.29, 1.82) is 0 Å². The van der Waals surface area contributed by atoms with Gasteiger partial charge in [0, 0.05) is 10.6 Å². The predicted octanol–water partition coefficient (Wildman–Crippen LogP) is 5.35. The Kier molecular flexibility index (Phi) is 7.33. The van der Waals surface area contributed by atoms with Crippen molar-refractivity contribution >= 4 is 40.0 Å². The van der Waals surface area contributed by atoms with Gasteiger partial charge in [-0.05, 0) is 49.4 Å². The number of hydrogen-bond donors (Lipinski definition) is 0. The molecule has 0 saturated carbocycles. The number of fused-ring (bicyclic) bond motifs is 1. The van der Waals surface area contributed by atoms with Crippen LogP contribution in [0.5, 0.6) is 17.2 Å². The molecule has 0 unspecified atom stereocenters. The Bertz CT molecular complexity index is 1450. The van der Waals surface area contributed by atoms with E-state index in [1.165, 1.54) is 37.7 Å².